The third kappa shape index (κ3) is 6.62. The number of ether oxygens (including phenoxy) is 1. The highest BCUT2D eigenvalue weighted by atomic mass is 32.2. The highest BCUT2D eigenvalue weighted by molar-refractivity contribution is 7.99. The number of anilines is 1. The Balaban J connectivity index is 1.43. The van der Waals surface area contributed by atoms with Crippen LogP contribution in [0.2, 0.25) is 0 Å². The monoisotopic (exact) mass is 540 g/mol. The Morgan fingerprint density at radius 2 is 1.95 bits per heavy atom. The van der Waals surface area contributed by atoms with Crippen molar-refractivity contribution in [2.75, 3.05) is 18.2 Å². The van der Waals surface area contributed by atoms with E-state index in [1.54, 1.807) is 0 Å². The zero-order valence-electron chi connectivity index (χ0n) is 22.1. The smallest absolute Gasteiger partial charge is 0.341 e. The van der Waals surface area contributed by atoms with Gasteiger partial charge in [-0.15, -0.1) is 21.5 Å². The Labute approximate surface area is 227 Å². The molecule has 37 heavy (non-hydrogen) atoms. The Bertz CT molecular complexity index is 1240. The van der Waals surface area contributed by atoms with Crippen molar-refractivity contribution in [3.05, 3.63) is 46.1 Å². The Morgan fingerprint density at radius 1 is 1.16 bits per heavy atom. The van der Waals surface area contributed by atoms with E-state index in [9.17, 15) is 9.59 Å². The minimum atomic E-state index is -0.464. The molecule has 1 aromatic carbocycles. The van der Waals surface area contributed by atoms with Crippen LogP contribution in [0.4, 0.5) is 5.00 Å². The number of thioether (sulfide) groups is 1. The van der Waals surface area contributed by atoms with Crippen LogP contribution in [0.15, 0.2) is 28.7 Å². The lowest BCUT2D eigenvalue weighted by atomic mass is 9.86. The van der Waals surface area contributed by atoms with E-state index in [1.807, 2.05) is 31.4 Å². The second kappa shape index (κ2) is 12.7. The van der Waals surface area contributed by atoms with Crippen LogP contribution >= 0.6 is 23.1 Å². The minimum Gasteiger partial charge on any atom is -0.465 e. The maximum atomic E-state index is 12.9. The summed E-state index contributed by atoms with van der Waals surface area (Å²) in [6.45, 7) is 6.88. The fourth-order valence-electron chi connectivity index (χ4n) is 5.01. The molecule has 1 amide bonds. The molecule has 0 unspecified atom stereocenters. The third-order valence-corrected chi connectivity index (χ3v) is 8.92. The summed E-state index contributed by atoms with van der Waals surface area (Å²) in [5, 5.41) is 14.9. The highest BCUT2D eigenvalue weighted by Gasteiger charge is 2.24. The molecule has 0 spiro atoms. The van der Waals surface area contributed by atoms with Crippen molar-refractivity contribution >= 4 is 40.0 Å². The van der Waals surface area contributed by atoms with E-state index in [-0.39, 0.29) is 11.7 Å². The summed E-state index contributed by atoms with van der Waals surface area (Å²) >= 11 is 2.71. The molecule has 0 bridgehead atoms. The summed E-state index contributed by atoms with van der Waals surface area (Å²) in [5.74, 6) is 1.31. The zero-order chi connectivity index (χ0) is 26.4. The van der Waals surface area contributed by atoms with Crippen LogP contribution in [0, 0.1) is 19.8 Å². The van der Waals surface area contributed by atoms with Crippen molar-refractivity contribution < 1.29 is 14.3 Å². The van der Waals surface area contributed by atoms with Crippen molar-refractivity contribution in [1.29, 1.82) is 0 Å². The second-order valence-electron chi connectivity index (χ2n) is 9.69. The topological polar surface area (TPSA) is 86.1 Å². The first-order chi connectivity index (χ1) is 17.9. The largest absolute Gasteiger partial charge is 0.465 e. The van der Waals surface area contributed by atoms with Gasteiger partial charge in [0.25, 0.3) is 0 Å². The van der Waals surface area contributed by atoms with Gasteiger partial charge < -0.3 is 14.6 Å². The number of hydrogen-bond acceptors (Lipinski definition) is 7. The van der Waals surface area contributed by atoms with Crippen molar-refractivity contribution in [3.63, 3.8) is 0 Å². The fraction of sp³-hybridized carbons (Fsp3) is 0.500. The number of esters is 1. The quantitative estimate of drug-likeness (QED) is 0.228. The van der Waals surface area contributed by atoms with E-state index in [0.29, 0.717) is 10.6 Å². The van der Waals surface area contributed by atoms with Crippen LogP contribution in [-0.4, -0.2) is 39.5 Å². The number of carbonyl (C=O) groups is 2. The van der Waals surface area contributed by atoms with Gasteiger partial charge in [-0.05, 0) is 44.2 Å². The molecule has 1 N–H and O–H groups in total. The normalized spacial score (nSPS) is 14.1. The van der Waals surface area contributed by atoms with Crippen LogP contribution in [0.25, 0.3) is 11.1 Å². The summed E-state index contributed by atoms with van der Waals surface area (Å²) in [4.78, 5) is 25.6. The van der Waals surface area contributed by atoms with Gasteiger partial charge in [-0.1, -0.05) is 67.6 Å². The van der Waals surface area contributed by atoms with Crippen LogP contribution in [-0.2, 0) is 22.5 Å². The summed E-state index contributed by atoms with van der Waals surface area (Å²) in [5.41, 5.74) is 4.28. The van der Waals surface area contributed by atoms with E-state index in [2.05, 4.69) is 33.1 Å². The third-order valence-electron chi connectivity index (χ3n) is 7.06. The summed E-state index contributed by atoms with van der Waals surface area (Å²) in [7, 11) is 1.36. The molecule has 9 heteroatoms. The van der Waals surface area contributed by atoms with Crippen molar-refractivity contribution in [2.24, 2.45) is 5.92 Å². The summed E-state index contributed by atoms with van der Waals surface area (Å²) in [6.07, 6.45) is 8.78. The number of carbonyl (C=O) groups excluding carboxylic acids is 2. The molecule has 7 nitrogen and oxygen atoms in total. The molecule has 3 aromatic rings. The highest BCUT2D eigenvalue weighted by Crippen LogP contribution is 2.38. The molecule has 1 fully saturated rings. The number of thiophene rings is 1. The van der Waals surface area contributed by atoms with Gasteiger partial charge in [0.15, 0.2) is 5.16 Å². The molecule has 4 rings (SSSR count). The van der Waals surface area contributed by atoms with Crippen molar-refractivity contribution in [1.82, 2.24) is 14.8 Å². The minimum absolute atomic E-state index is 0.179. The van der Waals surface area contributed by atoms with Gasteiger partial charge in [-0.3, -0.25) is 4.79 Å². The maximum absolute atomic E-state index is 12.9. The number of methoxy groups -OCH3 is 1. The van der Waals surface area contributed by atoms with Crippen LogP contribution in [0.5, 0.6) is 0 Å². The molecule has 198 valence electrons. The molecular formula is C28H36N4O3S2. The van der Waals surface area contributed by atoms with Gasteiger partial charge in [0.05, 0.1) is 12.9 Å². The van der Waals surface area contributed by atoms with E-state index in [1.165, 1.54) is 62.3 Å². The van der Waals surface area contributed by atoms with Crippen molar-refractivity contribution in [3.8, 4) is 11.1 Å². The van der Waals surface area contributed by atoms with Crippen LogP contribution in [0.3, 0.4) is 0 Å². The number of benzene rings is 1. The Morgan fingerprint density at radius 3 is 2.68 bits per heavy atom. The number of nitrogens with one attached hydrogen (secondary N) is 1. The lowest BCUT2D eigenvalue weighted by Gasteiger charge is -2.21. The summed E-state index contributed by atoms with van der Waals surface area (Å²) < 4.78 is 7.18. The van der Waals surface area contributed by atoms with Gasteiger partial charge in [-0.25, -0.2) is 4.79 Å². The first kappa shape index (κ1) is 27.4. The first-order valence-electron chi connectivity index (χ1n) is 13.0. The van der Waals surface area contributed by atoms with Gasteiger partial charge in [0.2, 0.25) is 5.91 Å². The SMILES string of the molecule is CCn1c(CCC2CCCCC2)nnc1SCC(=O)Nc1scc(-c2cc(C)ccc2C)c1C(=O)OC. The van der Waals surface area contributed by atoms with Crippen LogP contribution in [0.1, 0.15) is 72.8 Å². The number of aromatic nitrogens is 3. The Hall–Kier alpha value is -2.65. The predicted octanol–water partition coefficient (Wildman–Crippen LogP) is 6.67. The molecule has 2 heterocycles. The molecular weight excluding hydrogens is 504 g/mol. The van der Waals surface area contributed by atoms with Gasteiger partial charge in [0.1, 0.15) is 16.4 Å². The van der Waals surface area contributed by atoms with E-state index >= 15 is 0 Å². The Kier molecular flexibility index (Phi) is 9.43. The van der Waals surface area contributed by atoms with Gasteiger partial charge in [-0.2, -0.15) is 0 Å². The van der Waals surface area contributed by atoms with E-state index < -0.39 is 5.97 Å². The average Bonchev–Trinajstić information content (AvgIpc) is 3.51. The van der Waals surface area contributed by atoms with E-state index in [4.69, 9.17) is 4.74 Å². The number of nitrogens with zero attached hydrogens (tertiary/aromatic N) is 3. The molecule has 0 radical (unpaired) electrons. The number of hydrogen-bond donors (Lipinski definition) is 1. The zero-order valence-corrected chi connectivity index (χ0v) is 23.8. The molecule has 1 aliphatic rings. The van der Waals surface area contributed by atoms with Crippen molar-refractivity contribution in [2.45, 2.75) is 77.4 Å². The first-order valence-corrected chi connectivity index (χ1v) is 14.9. The lowest BCUT2D eigenvalue weighted by molar-refractivity contribution is -0.113. The fourth-order valence-corrected chi connectivity index (χ4v) is 6.79. The van der Waals surface area contributed by atoms with Gasteiger partial charge >= 0.3 is 5.97 Å². The molecule has 1 saturated carbocycles. The van der Waals surface area contributed by atoms with E-state index in [0.717, 1.165) is 58.5 Å². The molecule has 0 atom stereocenters. The average molecular weight is 541 g/mol. The molecule has 0 saturated heterocycles. The van der Waals surface area contributed by atoms with Gasteiger partial charge in [0, 0.05) is 23.9 Å². The number of amides is 1. The number of rotatable bonds is 10. The standard InChI is InChI=1S/C28H36N4O3S2/c1-5-32-23(14-13-20-9-7-6-8-10-20)30-31-28(32)37-17-24(33)29-26-25(27(34)35-4)22(16-36-26)21-15-18(2)11-12-19(21)3/h11-12,15-16,20H,5-10,13-14,17H2,1-4H3,(H,29,33). The predicted molar refractivity (Wildman–Crippen MR) is 151 cm³/mol. The lowest BCUT2D eigenvalue weighted by Crippen LogP contribution is -2.16. The van der Waals surface area contributed by atoms with Crippen LogP contribution < -0.4 is 5.32 Å². The maximum Gasteiger partial charge on any atom is 0.341 e. The molecule has 0 aliphatic heterocycles. The second-order valence-corrected chi connectivity index (χ2v) is 11.5. The summed E-state index contributed by atoms with van der Waals surface area (Å²) in [6, 6.07) is 6.12. The molecule has 2 aromatic heterocycles. The number of aryl methyl sites for hydroxylation is 3. The molecule has 1 aliphatic carbocycles.